The van der Waals surface area contributed by atoms with E-state index < -0.39 is 6.09 Å². The van der Waals surface area contributed by atoms with E-state index in [9.17, 15) is 14.3 Å². The van der Waals surface area contributed by atoms with E-state index in [-0.39, 0.29) is 29.8 Å². The molecule has 3 heterocycles. The van der Waals surface area contributed by atoms with Crippen molar-refractivity contribution in [3.8, 4) is 17.6 Å². The van der Waals surface area contributed by atoms with Crippen molar-refractivity contribution in [2.24, 2.45) is 11.3 Å². The Hall–Kier alpha value is -3.87. The van der Waals surface area contributed by atoms with Crippen LogP contribution >= 0.6 is 22.9 Å². The number of carbonyl (C=O) groups is 1. The van der Waals surface area contributed by atoms with E-state index in [0.717, 1.165) is 21.5 Å². The zero-order valence-electron chi connectivity index (χ0n) is 22.2. The number of fused-ring (bicyclic) bond motifs is 1. The molecule has 1 aliphatic rings. The second-order valence-corrected chi connectivity index (χ2v) is 12.1. The Morgan fingerprint density at radius 1 is 1.25 bits per heavy atom. The number of likely N-dealkylation sites (tertiary alicyclic amines) is 1. The van der Waals surface area contributed by atoms with Gasteiger partial charge >= 0.3 is 6.09 Å². The lowest BCUT2D eigenvalue weighted by atomic mass is 9.76. The minimum atomic E-state index is -0.941. The first-order valence-corrected chi connectivity index (χ1v) is 14.0. The van der Waals surface area contributed by atoms with Crippen molar-refractivity contribution in [3.05, 3.63) is 76.1 Å². The van der Waals surface area contributed by atoms with Gasteiger partial charge in [-0.05, 0) is 59.7 Å². The van der Waals surface area contributed by atoms with Gasteiger partial charge in [0.25, 0.3) is 0 Å². The first-order chi connectivity index (χ1) is 19.1. The number of nitrogens with zero attached hydrogens (tertiary/aromatic N) is 3. The van der Waals surface area contributed by atoms with E-state index in [2.05, 4.69) is 47.9 Å². The zero-order chi connectivity index (χ0) is 28.4. The Morgan fingerprint density at radius 3 is 2.80 bits per heavy atom. The van der Waals surface area contributed by atoms with Crippen LogP contribution in [0.5, 0.6) is 5.75 Å². The van der Waals surface area contributed by atoms with Crippen LogP contribution in [0.3, 0.4) is 0 Å². The molecule has 2 aromatic carbocycles. The van der Waals surface area contributed by atoms with Crippen molar-refractivity contribution < 1.29 is 19.0 Å². The molecule has 0 saturated carbocycles. The van der Waals surface area contributed by atoms with Crippen LogP contribution < -0.4 is 10.1 Å². The fourth-order valence-corrected chi connectivity index (χ4v) is 5.97. The molecule has 206 valence electrons. The molecule has 2 atom stereocenters. The first-order valence-electron chi connectivity index (χ1n) is 12.8. The summed E-state index contributed by atoms with van der Waals surface area (Å²) in [6.07, 6.45) is 1.33. The third kappa shape index (κ3) is 6.14. The molecule has 1 fully saturated rings. The van der Waals surface area contributed by atoms with E-state index in [0.29, 0.717) is 34.4 Å². The number of halogens is 2. The summed E-state index contributed by atoms with van der Waals surface area (Å²) in [6.45, 7) is 7.05. The molecule has 0 radical (unpaired) electrons. The normalized spacial score (nSPS) is 17.0. The summed E-state index contributed by atoms with van der Waals surface area (Å²) in [7, 11) is 0. The molecule has 4 aromatic rings. The summed E-state index contributed by atoms with van der Waals surface area (Å²) >= 11 is 7.89. The van der Waals surface area contributed by atoms with Gasteiger partial charge in [0, 0.05) is 12.2 Å². The van der Waals surface area contributed by atoms with Crippen LogP contribution in [0.4, 0.5) is 20.7 Å². The highest BCUT2D eigenvalue weighted by molar-refractivity contribution is 7.19. The van der Waals surface area contributed by atoms with Crippen molar-refractivity contribution in [1.29, 1.82) is 0 Å². The van der Waals surface area contributed by atoms with E-state index in [1.54, 1.807) is 24.3 Å². The highest BCUT2D eigenvalue weighted by Crippen LogP contribution is 2.39. The van der Waals surface area contributed by atoms with Crippen LogP contribution in [0, 0.1) is 29.0 Å². The molecule has 40 heavy (non-hydrogen) atoms. The van der Waals surface area contributed by atoms with Gasteiger partial charge in [-0.15, -0.1) is 11.3 Å². The predicted molar refractivity (Wildman–Crippen MR) is 156 cm³/mol. The van der Waals surface area contributed by atoms with Crippen LogP contribution in [0.1, 0.15) is 37.6 Å². The molecular formula is C30H28ClFN4O3S. The number of amides is 1. The van der Waals surface area contributed by atoms with E-state index >= 15 is 0 Å². The highest BCUT2D eigenvalue weighted by atomic mass is 35.5. The molecule has 2 aromatic heterocycles. The molecule has 10 heteroatoms. The number of thiophene rings is 1. The van der Waals surface area contributed by atoms with Gasteiger partial charge < -0.3 is 15.2 Å². The van der Waals surface area contributed by atoms with Crippen LogP contribution in [-0.2, 0) is 6.61 Å². The maximum Gasteiger partial charge on any atom is 0.408 e. The second-order valence-electron chi connectivity index (χ2n) is 10.7. The van der Waals surface area contributed by atoms with Gasteiger partial charge in [-0.3, -0.25) is 4.90 Å². The van der Waals surface area contributed by atoms with Crippen molar-refractivity contribution >= 4 is 50.8 Å². The Morgan fingerprint density at radius 2 is 2.08 bits per heavy atom. The van der Waals surface area contributed by atoms with Gasteiger partial charge in [-0.1, -0.05) is 56.3 Å². The van der Waals surface area contributed by atoms with Crippen LogP contribution in [-0.4, -0.2) is 38.7 Å². The standard InChI is InChI=1S/C30H28ClFN4O3S/c1-30(2,3)23-11-12-36(29(37)38)25(23)9-8-21-15-22-27(33-17-34-28(22)40-21)35-20-7-10-26(24(31)14-20)39-16-18-5-4-6-19(32)13-18/h4-7,10,13-15,17,23,25H,11-12,16H2,1-3H3,(H,37,38)(H,33,34,35)/t23?,25-/m0/s1. The monoisotopic (exact) mass is 578 g/mol. The summed E-state index contributed by atoms with van der Waals surface area (Å²) in [5, 5.41) is 14.2. The Kier molecular flexibility index (Phi) is 7.83. The van der Waals surface area contributed by atoms with E-state index in [1.807, 2.05) is 12.1 Å². The summed E-state index contributed by atoms with van der Waals surface area (Å²) in [5.41, 5.74) is 1.35. The number of hydrogen-bond donors (Lipinski definition) is 2. The van der Waals surface area contributed by atoms with Crippen molar-refractivity contribution in [3.63, 3.8) is 0 Å². The van der Waals surface area contributed by atoms with Gasteiger partial charge in [0.1, 0.15) is 41.2 Å². The quantitative estimate of drug-likeness (QED) is 0.237. The maximum absolute atomic E-state index is 13.4. The summed E-state index contributed by atoms with van der Waals surface area (Å²) < 4.78 is 19.2. The topological polar surface area (TPSA) is 87.6 Å². The summed E-state index contributed by atoms with van der Waals surface area (Å²) in [5.74, 6) is 7.35. The fourth-order valence-electron chi connectivity index (χ4n) is 4.87. The molecule has 5 rings (SSSR count). The lowest BCUT2D eigenvalue weighted by molar-refractivity contribution is 0.135. The number of hydrogen-bond acceptors (Lipinski definition) is 6. The third-order valence-electron chi connectivity index (χ3n) is 6.91. The highest BCUT2D eigenvalue weighted by Gasteiger charge is 2.42. The Bertz CT molecular complexity index is 1620. The average molecular weight is 579 g/mol. The van der Waals surface area contributed by atoms with Crippen molar-refractivity contribution in [1.82, 2.24) is 14.9 Å². The molecule has 0 spiro atoms. The number of aromatic nitrogens is 2. The van der Waals surface area contributed by atoms with Gasteiger partial charge in [0.2, 0.25) is 0 Å². The van der Waals surface area contributed by atoms with Gasteiger partial charge in [-0.25, -0.2) is 19.2 Å². The zero-order valence-corrected chi connectivity index (χ0v) is 23.8. The van der Waals surface area contributed by atoms with E-state index in [1.165, 1.54) is 34.7 Å². The molecule has 1 unspecified atom stereocenters. The Labute approximate surface area is 241 Å². The predicted octanol–water partition coefficient (Wildman–Crippen LogP) is 7.57. The SMILES string of the molecule is CC(C)(C)C1CCN(C(=O)O)[C@H]1C#Cc1cc2c(Nc3ccc(OCc4cccc(F)c4)c(Cl)c3)ncnc2s1. The second kappa shape index (κ2) is 11.3. The lowest BCUT2D eigenvalue weighted by Crippen LogP contribution is -2.39. The molecule has 2 N–H and O–H groups in total. The molecule has 7 nitrogen and oxygen atoms in total. The lowest BCUT2D eigenvalue weighted by Gasteiger charge is -2.31. The van der Waals surface area contributed by atoms with Crippen molar-refractivity contribution in [2.45, 2.75) is 39.8 Å². The number of carboxylic acid groups (broad SMARTS) is 1. The average Bonchev–Trinajstić information content (AvgIpc) is 3.52. The third-order valence-corrected chi connectivity index (χ3v) is 8.16. The number of anilines is 2. The molecular weight excluding hydrogens is 551 g/mol. The smallest absolute Gasteiger partial charge is 0.408 e. The molecule has 0 aliphatic carbocycles. The van der Waals surface area contributed by atoms with Crippen LogP contribution in [0.25, 0.3) is 10.2 Å². The largest absolute Gasteiger partial charge is 0.487 e. The van der Waals surface area contributed by atoms with Crippen LogP contribution in [0.2, 0.25) is 5.02 Å². The number of benzene rings is 2. The minimum absolute atomic E-state index is 0.0619. The number of ether oxygens (including phenoxy) is 1. The summed E-state index contributed by atoms with van der Waals surface area (Å²) in [4.78, 5) is 23.6. The van der Waals surface area contributed by atoms with Gasteiger partial charge in [0.15, 0.2) is 0 Å². The first kappa shape index (κ1) is 27.7. The Balaban J connectivity index is 1.34. The molecule has 1 aliphatic heterocycles. The molecule has 1 saturated heterocycles. The van der Waals surface area contributed by atoms with Gasteiger partial charge in [0.05, 0.1) is 15.3 Å². The molecule has 1 amide bonds. The van der Waals surface area contributed by atoms with Crippen molar-refractivity contribution in [2.75, 3.05) is 11.9 Å². The van der Waals surface area contributed by atoms with Crippen LogP contribution in [0.15, 0.2) is 54.9 Å². The maximum atomic E-state index is 13.4. The number of rotatable bonds is 5. The summed E-state index contributed by atoms with van der Waals surface area (Å²) in [6, 6.07) is 13.1. The van der Waals surface area contributed by atoms with E-state index in [4.69, 9.17) is 16.3 Å². The molecule has 0 bridgehead atoms. The van der Waals surface area contributed by atoms with Gasteiger partial charge in [-0.2, -0.15) is 0 Å². The fraction of sp³-hybridized carbons (Fsp3) is 0.300. The minimum Gasteiger partial charge on any atom is -0.487 e. The number of nitrogens with one attached hydrogen (secondary N) is 1.